The number of methoxy groups -OCH3 is 1. The highest BCUT2D eigenvalue weighted by Gasteiger charge is 2.32. The van der Waals surface area contributed by atoms with Crippen LogP contribution in [0, 0.1) is 23.3 Å². The molecule has 0 saturated carbocycles. The fourth-order valence-electron chi connectivity index (χ4n) is 3.78. The van der Waals surface area contributed by atoms with Crippen molar-refractivity contribution >= 4 is 5.69 Å². The molecule has 1 heterocycles. The first-order valence-electron chi connectivity index (χ1n) is 8.81. The Morgan fingerprint density at radius 2 is 1.64 bits per heavy atom. The maximum atomic E-state index is 14.7. The van der Waals surface area contributed by atoms with Gasteiger partial charge in [-0.3, -0.25) is 0 Å². The van der Waals surface area contributed by atoms with Crippen molar-refractivity contribution in [2.24, 2.45) is 0 Å². The van der Waals surface area contributed by atoms with Crippen molar-refractivity contribution in [2.75, 3.05) is 18.6 Å². The van der Waals surface area contributed by atoms with E-state index in [2.05, 4.69) is 0 Å². The minimum atomic E-state index is -0.974. The Hall–Kier alpha value is -3.02. The summed E-state index contributed by atoms with van der Waals surface area (Å²) in [6.07, 6.45) is 0.568. The second-order valence-electron chi connectivity index (χ2n) is 6.68. The molecule has 144 valence electrons. The molecule has 0 amide bonds. The van der Waals surface area contributed by atoms with Crippen LogP contribution in [0.4, 0.5) is 23.2 Å². The highest BCUT2D eigenvalue weighted by molar-refractivity contribution is 5.57. The lowest BCUT2D eigenvalue weighted by Crippen LogP contribution is -2.37. The van der Waals surface area contributed by atoms with Crippen molar-refractivity contribution in [3.05, 3.63) is 94.6 Å². The number of fused-ring (bicyclic) bond motifs is 1. The van der Waals surface area contributed by atoms with Crippen LogP contribution < -0.4 is 9.64 Å². The van der Waals surface area contributed by atoms with Crippen LogP contribution in [0.2, 0.25) is 0 Å². The molecule has 0 bridgehead atoms. The molecule has 28 heavy (non-hydrogen) atoms. The van der Waals surface area contributed by atoms with Crippen molar-refractivity contribution in [1.82, 2.24) is 0 Å². The summed E-state index contributed by atoms with van der Waals surface area (Å²) in [5, 5.41) is 0. The third-order valence-electron chi connectivity index (χ3n) is 5.03. The van der Waals surface area contributed by atoms with Gasteiger partial charge >= 0.3 is 0 Å². The van der Waals surface area contributed by atoms with Gasteiger partial charge in [0.25, 0.3) is 0 Å². The van der Waals surface area contributed by atoms with E-state index in [-0.39, 0.29) is 11.3 Å². The Labute approximate surface area is 160 Å². The van der Waals surface area contributed by atoms with Gasteiger partial charge in [0, 0.05) is 23.9 Å². The summed E-state index contributed by atoms with van der Waals surface area (Å²) in [4.78, 5) is 1.69. The maximum absolute atomic E-state index is 14.7. The Morgan fingerprint density at radius 1 is 0.893 bits per heavy atom. The largest absolute Gasteiger partial charge is 0.497 e. The lowest BCUT2D eigenvalue weighted by molar-refractivity contribution is 0.413. The van der Waals surface area contributed by atoms with Gasteiger partial charge in [-0.15, -0.1) is 0 Å². The molecular weight excluding hydrogens is 370 g/mol. The van der Waals surface area contributed by atoms with E-state index in [0.29, 0.717) is 18.7 Å². The van der Waals surface area contributed by atoms with Gasteiger partial charge in [-0.2, -0.15) is 0 Å². The zero-order chi connectivity index (χ0) is 19.8. The highest BCUT2D eigenvalue weighted by Crippen LogP contribution is 2.41. The molecule has 6 heteroatoms. The van der Waals surface area contributed by atoms with Gasteiger partial charge in [-0.1, -0.05) is 18.2 Å². The highest BCUT2D eigenvalue weighted by atomic mass is 19.2. The van der Waals surface area contributed by atoms with Crippen LogP contribution >= 0.6 is 0 Å². The predicted octanol–water partition coefficient (Wildman–Crippen LogP) is 5.40. The number of anilines is 1. The first kappa shape index (κ1) is 18.3. The average molecular weight is 387 g/mol. The summed E-state index contributed by atoms with van der Waals surface area (Å²) < 4.78 is 61.6. The first-order chi connectivity index (χ1) is 13.5. The molecule has 1 aliphatic rings. The van der Waals surface area contributed by atoms with Crippen LogP contribution in [0.3, 0.4) is 0 Å². The van der Waals surface area contributed by atoms with E-state index in [9.17, 15) is 17.6 Å². The molecule has 0 aliphatic carbocycles. The Morgan fingerprint density at radius 3 is 2.36 bits per heavy atom. The van der Waals surface area contributed by atoms with E-state index in [4.69, 9.17) is 4.74 Å². The fourth-order valence-corrected chi connectivity index (χ4v) is 3.78. The van der Waals surface area contributed by atoms with Gasteiger partial charge in [0.05, 0.1) is 13.2 Å². The van der Waals surface area contributed by atoms with Crippen molar-refractivity contribution in [3.8, 4) is 5.75 Å². The minimum absolute atomic E-state index is 0.107. The van der Waals surface area contributed by atoms with Crippen molar-refractivity contribution in [2.45, 2.75) is 12.5 Å². The number of rotatable bonds is 3. The molecule has 0 aromatic heterocycles. The van der Waals surface area contributed by atoms with E-state index in [1.807, 2.05) is 6.07 Å². The van der Waals surface area contributed by atoms with Gasteiger partial charge in [0.1, 0.15) is 17.4 Å². The molecule has 3 aromatic rings. The SMILES string of the molecule is COc1ccc2c(c1)CCN(c1cc(F)cc(F)c1)[C@@H]2c1cccc(F)c1F. The molecule has 1 aliphatic heterocycles. The van der Waals surface area contributed by atoms with Crippen LogP contribution in [0.5, 0.6) is 5.75 Å². The lowest BCUT2D eigenvalue weighted by Gasteiger charge is -2.39. The number of ether oxygens (including phenoxy) is 1. The average Bonchev–Trinajstić information content (AvgIpc) is 2.68. The van der Waals surface area contributed by atoms with E-state index in [1.54, 1.807) is 24.1 Å². The third kappa shape index (κ3) is 3.19. The summed E-state index contributed by atoms with van der Waals surface area (Å²) in [6.45, 7) is 0.379. The van der Waals surface area contributed by atoms with Crippen LogP contribution in [0.1, 0.15) is 22.7 Å². The Balaban J connectivity index is 1.91. The molecule has 1 atom stereocenters. The zero-order valence-electron chi connectivity index (χ0n) is 15.1. The minimum Gasteiger partial charge on any atom is -0.497 e. The smallest absolute Gasteiger partial charge is 0.164 e. The number of hydrogen-bond acceptors (Lipinski definition) is 2. The lowest BCUT2D eigenvalue weighted by atomic mass is 9.87. The van der Waals surface area contributed by atoms with E-state index < -0.39 is 29.3 Å². The maximum Gasteiger partial charge on any atom is 0.164 e. The van der Waals surface area contributed by atoms with E-state index in [0.717, 1.165) is 23.3 Å². The Kier molecular flexibility index (Phi) is 4.71. The summed E-state index contributed by atoms with van der Waals surface area (Å²) in [7, 11) is 1.55. The predicted molar refractivity (Wildman–Crippen MR) is 98.6 cm³/mol. The van der Waals surface area contributed by atoms with Crippen LogP contribution in [-0.2, 0) is 6.42 Å². The van der Waals surface area contributed by atoms with Crippen molar-refractivity contribution < 1.29 is 22.3 Å². The number of hydrogen-bond donors (Lipinski definition) is 0. The normalized spacial score (nSPS) is 16.0. The molecule has 2 nitrogen and oxygen atoms in total. The topological polar surface area (TPSA) is 12.5 Å². The molecule has 3 aromatic carbocycles. The third-order valence-corrected chi connectivity index (χ3v) is 5.03. The quantitative estimate of drug-likeness (QED) is 0.558. The monoisotopic (exact) mass is 387 g/mol. The number of halogens is 4. The van der Waals surface area contributed by atoms with Crippen molar-refractivity contribution in [3.63, 3.8) is 0 Å². The van der Waals surface area contributed by atoms with E-state index >= 15 is 0 Å². The standard InChI is InChI=1S/C22H17F4NO/c1-28-17-5-6-18-13(9-17)7-8-27(16-11-14(23)10-15(24)12-16)22(18)19-3-2-4-20(25)21(19)26/h2-6,9-12,22H,7-8H2,1H3/t22-/m0/s1. The summed E-state index contributed by atoms with van der Waals surface area (Å²) in [5.74, 6) is -2.74. The van der Waals surface area contributed by atoms with Crippen LogP contribution in [0.25, 0.3) is 0 Å². The molecule has 0 fully saturated rings. The van der Waals surface area contributed by atoms with Gasteiger partial charge < -0.3 is 9.64 Å². The van der Waals surface area contributed by atoms with Gasteiger partial charge in [-0.05, 0) is 47.9 Å². The number of nitrogens with zero attached hydrogens (tertiary/aromatic N) is 1. The first-order valence-corrected chi connectivity index (χ1v) is 8.81. The van der Waals surface area contributed by atoms with Crippen LogP contribution in [0.15, 0.2) is 54.6 Å². The van der Waals surface area contributed by atoms with Gasteiger partial charge in [0.15, 0.2) is 11.6 Å². The molecule has 0 N–H and O–H groups in total. The number of benzene rings is 3. The van der Waals surface area contributed by atoms with Gasteiger partial charge in [-0.25, -0.2) is 17.6 Å². The molecule has 0 spiro atoms. The molecule has 0 saturated heterocycles. The van der Waals surface area contributed by atoms with Gasteiger partial charge in [0.2, 0.25) is 0 Å². The molecule has 4 rings (SSSR count). The van der Waals surface area contributed by atoms with Crippen LogP contribution in [-0.4, -0.2) is 13.7 Å². The fraction of sp³-hybridized carbons (Fsp3) is 0.182. The summed E-state index contributed by atoms with van der Waals surface area (Å²) in [5.41, 5.74) is 2.03. The molecular formula is C22H17F4NO. The molecule has 0 radical (unpaired) electrons. The second kappa shape index (κ2) is 7.19. The van der Waals surface area contributed by atoms with E-state index in [1.165, 1.54) is 24.3 Å². The second-order valence-corrected chi connectivity index (χ2v) is 6.68. The summed E-state index contributed by atoms with van der Waals surface area (Å²) >= 11 is 0. The zero-order valence-corrected chi connectivity index (χ0v) is 15.1. The van der Waals surface area contributed by atoms with Crippen molar-refractivity contribution in [1.29, 1.82) is 0 Å². The molecule has 0 unspecified atom stereocenters. The Bertz CT molecular complexity index is 1020. The summed E-state index contributed by atoms with van der Waals surface area (Å²) in [6, 6.07) is 11.8.